The number of carboxylic acid groups (broad SMARTS) is 1. The van der Waals surface area contributed by atoms with Crippen LogP contribution < -0.4 is 10.1 Å². The predicted molar refractivity (Wildman–Crippen MR) is 74.0 cm³/mol. The third-order valence-corrected chi connectivity index (χ3v) is 2.73. The van der Waals surface area contributed by atoms with Crippen molar-refractivity contribution in [1.82, 2.24) is 5.32 Å². The van der Waals surface area contributed by atoms with Gasteiger partial charge in [0.15, 0.2) is 5.76 Å². The van der Waals surface area contributed by atoms with Gasteiger partial charge in [0.2, 0.25) is 0 Å². The van der Waals surface area contributed by atoms with Gasteiger partial charge >= 0.3 is 5.97 Å². The van der Waals surface area contributed by atoms with Crippen molar-refractivity contribution in [2.45, 2.75) is 19.6 Å². The van der Waals surface area contributed by atoms with Crippen molar-refractivity contribution >= 4 is 11.9 Å². The van der Waals surface area contributed by atoms with Gasteiger partial charge in [-0.05, 0) is 31.2 Å². The first kappa shape index (κ1) is 14.6. The molecule has 0 bridgehead atoms. The Labute approximate surface area is 121 Å². The molecule has 6 nitrogen and oxygen atoms in total. The molecule has 1 atom stereocenters. The molecule has 0 aliphatic heterocycles. The number of hydrogen-bond acceptors (Lipinski definition) is 4. The molecule has 2 rings (SSSR count). The zero-order valence-corrected chi connectivity index (χ0v) is 11.4. The van der Waals surface area contributed by atoms with Crippen molar-refractivity contribution in [3.05, 3.63) is 54.0 Å². The number of carboxylic acids is 1. The van der Waals surface area contributed by atoms with Gasteiger partial charge in [0, 0.05) is 0 Å². The average Bonchev–Trinajstić information content (AvgIpc) is 2.95. The van der Waals surface area contributed by atoms with Crippen LogP contribution in [0.15, 0.2) is 46.9 Å². The number of para-hydroxylation sites is 1. The molecule has 0 radical (unpaired) electrons. The lowest BCUT2D eigenvalue weighted by molar-refractivity contribution is -0.138. The molecule has 21 heavy (non-hydrogen) atoms. The summed E-state index contributed by atoms with van der Waals surface area (Å²) in [5.74, 6) is -0.459. The highest BCUT2D eigenvalue weighted by atomic mass is 16.5. The van der Waals surface area contributed by atoms with Crippen LogP contribution in [0.1, 0.15) is 23.2 Å². The van der Waals surface area contributed by atoms with Crippen LogP contribution in [0.4, 0.5) is 0 Å². The highest BCUT2D eigenvalue weighted by Crippen LogP contribution is 2.14. The van der Waals surface area contributed by atoms with Crippen molar-refractivity contribution in [1.29, 1.82) is 0 Å². The Bertz CT molecular complexity index is 620. The van der Waals surface area contributed by atoms with E-state index < -0.39 is 17.9 Å². The first-order valence-corrected chi connectivity index (χ1v) is 6.36. The van der Waals surface area contributed by atoms with Crippen molar-refractivity contribution in [2.24, 2.45) is 0 Å². The van der Waals surface area contributed by atoms with E-state index in [0.717, 1.165) is 0 Å². The van der Waals surface area contributed by atoms with Crippen LogP contribution in [0, 0.1) is 0 Å². The monoisotopic (exact) mass is 289 g/mol. The summed E-state index contributed by atoms with van der Waals surface area (Å²) in [6.45, 7) is 1.56. The molecular weight excluding hydrogens is 274 g/mol. The maximum Gasteiger partial charge on any atom is 0.325 e. The summed E-state index contributed by atoms with van der Waals surface area (Å²) >= 11 is 0. The lowest BCUT2D eigenvalue weighted by Crippen LogP contribution is -2.38. The first-order chi connectivity index (χ1) is 10.1. The van der Waals surface area contributed by atoms with Gasteiger partial charge in [-0.1, -0.05) is 18.2 Å². The molecule has 0 saturated carbocycles. The van der Waals surface area contributed by atoms with Crippen molar-refractivity contribution in [2.75, 3.05) is 0 Å². The molecule has 0 aliphatic rings. The highest BCUT2D eigenvalue weighted by Gasteiger charge is 2.17. The summed E-state index contributed by atoms with van der Waals surface area (Å²) in [7, 11) is 0. The van der Waals surface area contributed by atoms with Gasteiger partial charge in [-0.15, -0.1) is 0 Å². The summed E-state index contributed by atoms with van der Waals surface area (Å²) in [4.78, 5) is 22.4. The topological polar surface area (TPSA) is 88.8 Å². The zero-order valence-electron chi connectivity index (χ0n) is 11.4. The Morgan fingerprint density at radius 2 is 1.95 bits per heavy atom. The average molecular weight is 289 g/mol. The molecule has 0 fully saturated rings. The lowest BCUT2D eigenvalue weighted by Gasteiger charge is -2.07. The van der Waals surface area contributed by atoms with Gasteiger partial charge in [-0.2, -0.15) is 0 Å². The van der Waals surface area contributed by atoms with Gasteiger partial charge < -0.3 is 19.6 Å². The van der Waals surface area contributed by atoms with Gasteiger partial charge in [-0.3, -0.25) is 9.59 Å². The number of carbonyl (C=O) groups is 2. The van der Waals surface area contributed by atoms with E-state index in [2.05, 4.69) is 5.32 Å². The number of rotatable bonds is 6. The number of ether oxygens (including phenoxy) is 1. The van der Waals surface area contributed by atoms with E-state index in [9.17, 15) is 9.59 Å². The highest BCUT2D eigenvalue weighted by molar-refractivity contribution is 5.94. The van der Waals surface area contributed by atoms with E-state index in [1.807, 2.05) is 30.3 Å². The van der Waals surface area contributed by atoms with E-state index in [0.29, 0.717) is 11.5 Å². The fraction of sp³-hybridized carbons (Fsp3) is 0.200. The van der Waals surface area contributed by atoms with E-state index >= 15 is 0 Å². The summed E-state index contributed by atoms with van der Waals surface area (Å²) in [5.41, 5.74) is 0. The Balaban J connectivity index is 1.92. The molecule has 6 heteroatoms. The van der Waals surface area contributed by atoms with Crippen molar-refractivity contribution in [3.8, 4) is 5.75 Å². The molecule has 0 saturated heterocycles. The molecular formula is C15H15NO5. The van der Waals surface area contributed by atoms with Gasteiger partial charge in [0.25, 0.3) is 5.91 Å². The second kappa shape index (κ2) is 6.60. The molecule has 0 spiro atoms. The first-order valence-electron chi connectivity index (χ1n) is 6.36. The molecule has 110 valence electrons. The summed E-state index contributed by atoms with van der Waals surface area (Å²) in [5, 5.41) is 11.0. The second-order valence-electron chi connectivity index (χ2n) is 4.40. The van der Waals surface area contributed by atoms with Gasteiger partial charge in [0.1, 0.15) is 24.2 Å². The second-order valence-corrected chi connectivity index (χ2v) is 4.40. The molecule has 2 N–H and O–H groups in total. The normalized spacial score (nSPS) is 11.7. The Morgan fingerprint density at radius 1 is 1.24 bits per heavy atom. The lowest BCUT2D eigenvalue weighted by atomic mass is 10.3. The maximum absolute atomic E-state index is 11.7. The van der Waals surface area contributed by atoms with Crippen LogP contribution in [0.2, 0.25) is 0 Å². The molecule has 0 aliphatic carbocycles. The third-order valence-electron chi connectivity index (χ3n) is 2.73. The molecule has 1 unspecified atom stereocenters. The van der Waals surface area contributed by atoms with E-state index in [1.165, 1.54) is 13.0 Å². The SMILES string of the molecule is CC(NC(=O)c1ccc(COc2ccccc2)o1)C(=O)O. The van der Waals surface area contributed by atoms with Crippen LogP contribution in [0.3, 0.4) is 0 Å². The quantitative estimate of drug-likeness (QED) is 0.849. The van der Waals surface area contributed by atoms with E-state index in [4.69, 9.17) is 14.3 Å². The van der Waals surface area contributed by atoms with Gasteiger partial charge in [0.05, 0.1) is 0 Å². The summed E-state index contributed by atoms with van der Waals surface area (Å²) < 4.78 is 10.8. The van der Waals surface area contributed by atoms with E-state index in [-0.39, 0.29) is 12.4 Å². The standard InChI is InChI=1S/C15H15NO5/c1-10(15(18)19)16-14(17)13-8-7-12(21-13)9-20-11-5-3-2-4-6-11/h2-8,10H,9H2,1H3,(H,16,17)(H,18,19). The number of hydrogen-bond donors (Lipinski definition) is 2. The minimum Gasteiger partial charge on any atom is -0.486 e. The fourth-order valence-electron chi connectivity index (χ4n) is 1.58. The minimum absolute atomic E-state index is 0.0507. The molecule has 1 amide bonds. The number of aliphatic carboxylic acids is 1. The summed E-state index contributed by atoms with van der Waals surface area (Å²) in [6, 6.07) is 11.3. The number of furan rings is 1. The summed E-state index contributed by atoms with van der Waals surface area (Å²) in [6.07, 6.45) is 0. The fourth-order valence-corrected chi connectivity index (χ4v) is 1.58. The Kier molecular flexibility index (Phi) is 4.61. The predicted octanol–water partition coefficient (Wildman–Crippen LogP) is 2.06. The van der Waals surface area contributed by atoms with Crippen LogP contribution in [-0.2, 0) is 11.4 Å². The largest absolute Gasteiger partial charge is 0.486 e. The van der Waals surface area contributed by atoms with Crippen LogP contribution in [-0.4, -0.2) is 23.0 Å². The number of benzene rings is 1. The third kappa shape index (κ3) is 4.10. The molecule has 2 aromatic rings. The van der Waals surface area contributed by atoms with Crippen LogP contribution in [0.5, 0.6) is 5.75 Å². The van der Waals surface area contributed by atoms with Gasteiger partial charge in [-0.25, -0.2) is 0 Å². The Morgan fingerprint density at radius 3 is 2.62 bits per heavy atom. The minimum atomic E-state index is -1.11. The zero-order chi connectivity index (χ0) is 15.2. The van der Waals surface area contributed by atoms with Crippen LogP contribution >= 0.6 is 0 Å². The van der Waals surface area contributed by atoms with Crippen molar-refractivity contribution < 1.29 is 23.8 Å². The Hall–Kier alpha value is -2.76. The van der Waals surface area contributed by atoms with Crippen LogP contribution in [0.25, 0.3) is 0 Å². The maximum atomic E-state index is 11.7. The number of amides is 1. The van der Waals surface area contributed by atoms with Crippen molar-refractivity contribution in [3.63, 3.8) is 0 Å². The number of nitrogens with one attached hydrogen (secondary N) is 1. The molecule has 1 heterocycles. The van der Waals surface area contributed by atoms with E-state index in [1.54, 1.807) is 6.07 Å². The number of carbonyl (C=O) groups excluding carboxylic acids is 1. The molecule has 1 aromatic heterocycles. The molecule has 1 aromatic carbocycles. The smallest absolute Gasteiger partial charge is 0.325 e.